The average Bonchev–Trinajstić information content (AvgIpc) is 3.00. The van der Waals surface area contributed by atoms with Crippen LogP contribution >= 0.6 is 0 Å². The van der Waals surface area contributed by atoms with E-state index in [1.54, 1.807) is 25.1 Å². The van der Waals surface area contributed by atoms with E-state index in [1.165, 1.54) is 12.8 Å². The summed E-state index contributed by atoms with van der Waals surface area (Å²) in [6.45, 7) is 2.73. The molecule has 21 heavy (non-hydrogen) atoms. The number of carbonyl (C=O) groups excluding carboxylic acids is 1. The molecule has 0 heterocycles. The molecule has 0 unspecified atom stereocenters. The van der Waals surface area contributed by atoms with E-state index in [0.717, 1.165) is 18.5 Å². The zero-order valence-corrected chi connectivity index (χ0v) is 12.5. The number of hydrogen-bond donors (Lipinski definition) is 2. The molecule has 1 saturated carbocycles. The maximum Gasteiger partial charge on any atom is 0.338 e. The van der Waals surface area contributed by atoms with Gasteiger partial charge in [0.15, 0.2) is 0 Å². The van der Waals surface area contributed by atoms with Crippen molar-refractivity contribution in [2.75, 3.05) is 30.4 Å². The summed E-state index contributed by atoms with van der Waals surface area (Å²) >= 11 is 0. The van der Waals surface area contributed by atoms with Gasteiger partial charge in [-0.05, 0) is 38.0 Å². The van der Waals surface area contributed by atoms with Crippen molar-refractivity contribution in [3.8, 4) is 0 Å². The van der Waals surface area contributed by atoms with Gasteiger partial charge in [-0.1, -0.05) is 12.8 Å². The Morgan fingerprint density at radius 1 is 1.43 bits per heavy atom. The van der Waals surface area contributed by atoms with Crippen LogP contribution in [-0.4, -0.2) is 36.9 Å². The lowest BCUT2D eigenvalue weighted by Crippen LogP contribution is -2.36. The zero-order chi connectivity index (χ0) is 15.2. The molecule has 5 nitrogen and oxygen atoms in total. The second-order valence-corrected chi connectivity index (χ2v) is 5.35. The van der Waals surface area contributed by atoms with E-state index in [9.17, 15) is 9.90 Å². The number of esters is 1. The Hall–Kier alpha value is -1.75. The SMILES string of the molecule is CCOC(=O)c1ccc(N)c(N(CCO)C2CCCC2)c1. The van der Waals surface area contributed by atoms with Gasteiger partial charge in [0.2, 0.25) is 0 Å². The molecule has 1 fully saturated rings. The molecule has 2 rings (SSSR count). The van der Waals surface area contributed by atoms with E-state index in [0.29, 0.717) is 30.4 Å². The smallest absolute Gasteiger partial charge is 0.338 e. The molecule has 0 spiro atoms. The molecular weight excluding hydrogens is 268 g/mol. The Kier molecular flexibility index (Phi) is 5.44. The number of rotatable bonds is 6. The Morgan fingerprint density at radius 2 is 2.14 bits per heavy atom. The second kappa shape index (κ2) is 7.31. The van der Waals surface area contributed by atoms with Gasteiger partial charge in [0, 0.05) is 12.6 Å². The number of nitrogen functional groups attached to an aromatic ring is 1. The number of nitrogens with zero attached hydrogens (tertiary/aromatic N) is 1. The van der Waals surface area contributed by atoms with E-state index in [-0.39, 0.29) is 12.6 Å². The van der Waals surface area contributed by atoms with Crippen LogP contribution in [0.4, 0.5) is 11.4 Å². The van der Waals surface area contributed by atoms with Crippen LogP contribution in [0.25, 0.3) is 0 Å². The first kappa shape index (κ1) is 15.6. The molecule has 1 aromatic carbocycles. The number of ether oxygens (including phenoxy) is 1. The monoisotopic (exact) mass is 292 g/mol. The maximum absolute atomic E-state index is 11.9. The molecule has 0 bridgehead atoms. The summed E-state index contributed by atoms with van der Waals surface area (Å²) in [5.41, 5.74) is 8.04. The van der Waals surface area contributed by atoms with Crippen molar-refractivity contribution < 1.29 is 14.6 Å². The number of anilines is 2. The third-order valence-corrected chi connectivity index (χ3v) is 3.96. The summed E-state index contributed by atoms with van der Waals surface area (Å²) in [7, 11) is 0. The molecule has 116 valence electrons. The largest absolute Gasteiger partial charge is 0.462 e. The molecule has 1 aliphatic rings. The maximum atomic E-state index is 11.9. The number of carbonyl (C=O) groups is 1. The molecule has 0 aromatic heterocycles. The number of nitrogens with two attached hydrogens (primary N) is 1. The third kappa shape index (κ3) is 3.67. The highest BCUT2D eigenvalue weighted by atomic mass is 16.5. The highest BCUT2D eigenvalue weighted by molar-refractivity contribution is 5.92. The van der Waals surface area contributed by atoms with E-state index in [2.05, 4.69) is 4.90 Å². The fourth-order valence-corrected chi connectivity index (χ4v) is 2.96. The van der Waals surface area contributed by atoms with Crippen LogP contribution in [0.2, 0.25) is 0 Å². The van der Waals surface area contributed by atoms with Crippen LogP contribution in [0.1, 0.15) is 43.0 Å². The lowest BCUT2D eigenvalue weighted by atomic mass is 10.1. The summed E-state index contributed by atoms with van der Waals surface area (Å²) in [5, 5.41) is 9.34. The Morgan fingerprint density at radius 3 is 2.76 bits per heavy atom. The summed E-state index contributed by atoms with van der Waals surface area (Å²) < 4.78 is 5.04. The highest BCUT2D eigenvalue weighted by Crippen LogP contribution is 2.32. The van der Waals surface area contributed by atoms with Gasteiger partial charge >= 0.3 is 5.97 Å². The van der Waals surface area contributed by atoms with Crippen molar-refractivity contribution in [3.63, 3.8) is 0 Å². The number of benzene rings is 1. The van der Waals surface area contributed by atoms with Gasteiger partial charge in [-0.25, -0.2) is 4.79 Å². The van der Waals surface area contributed by atoms with Gasteiger partial charge in [0.05, 0.1) is 30.2 Å². The first-order valence-corrected chi connectivity index (χ1v) is 7.61. The van der Waals surface area contributed by atoms with E-state index in [1.807, 2.05) is 0 Å². The van der Waals surface area contributed by atoms with Gasteiger partial charge in [-0.3, -0.25) is 0 Å². The van der Waals surface area contributed by atoms with E-state index in [4.69, 9.17) is 10.5 Å². The molecule has 1 aliphatic carbocycles. The average molecular weight is 292 g/mol. The predicted octanol–water partition coefficient (Wildman–Crippen LogP) is 2.19. The van der Waals surface area contributed by atoms with Crippen LogP contribution in [0, 0.1) is 0 Å². The van der Waals surface area contributed by atoms with Gasteiger partial charge in [-0.15, -0.1) is 0 Å². The lowest BCUT2D eigenvalue weighted by Gasteiger charge is -2.31. The Balaban J connectivity index is 2.29. The van der Waals surface area contributed by atoms with E-state index >= 15 is 0 Å². The number of aliphatic hydroxyl groups excluding tert-OH is 1. The number of aliphatic hydroxyl groups is 1. The molecule has 1 aromatic rings. The topological polar surface area (TPSA) is 75.8 Å². The van der Waals surface area contributed by atoms with Crippen molar-refractivity contribution in [2.45, 2.75) is 38.6 Å². The Bertz CT molecular complexity index is 484. The van der Waals surface area contributed by atoms with Crippen molar-refractivity contribution >= 4 is 17.3 Å². The third-order valence-electron chi connectivity index (χ3n) is 3.96. The summed E-state index contributed by atoms with van der Waals surface area (Å²) in [6, 6.07) is 5.59. The fourth-order valence-electron chi connectivity index (χ4n) is 2.96. The van der Waals surface area contributed by atoms with Crippen molar-refractivity contribution in [1.82, 2.24) is 0 Å². The quantitative estimate of drug-likeness (QED) is 0.621. The minimum absolute atomic E-state index is 0.0690. The van der Waals surface area contributed by atoms with Crippen molar-refractivity contribution in [1.29, 1.82) is 0 Å². The fraction of sp³-hybridized carbons (Fsp3) is 0.562. The summed E-state index contributed by atoms with van der Waals surface area (Å²) in [6.07, 6.45) is 4.60. The first-order valence-electron chi connectivity index (χ1n) is 7.61. The van der Waals surface area contributed by atoms with Crippen LogP contribution < -0.4 is 10.6 Å². The van der Waals surface area contributed by atoms with Crippen LogP contribution in [0.3, 0.4) is 0 Å². The molecule has 0 amide bonds. The number of hydrogen-bond acceptors (Lipinski definition) is 5. The standard InChI is InChI=1S/C16H24N2O3/c1-2-21-16(20)12-7-8-14(17)15(11-12)18(9-10-19)13-5-3-4-6-13/h7-8,11,13,19H,2-6,9-10,17H2,1H3. The van der Waals surface area contributed by atoms with E-state index < -0.39 is 0 Å². The normalized spacial score (nSPS) is 15.1. The lowest BCUT2D eigenvalue weighted by molar-refractivity contribution is 0.0526. The summed E-state index contributed by atoms with van der Waals surface area (Å²) in [4.78, 5) is 14.0. The molecule has 0 saturated heterocycles. The van der Waals surface area contributed by atoms with Gasteiger partial charge in [0.25, 0.3) is 0 Å². The predicted molar refractivity (Wildman–Crippen MR) is 83.5 cm³/mol. The van der Waals surface area contributed by atoms with Gasteiger partial charge < -0.3 is 20.5 Å². The van der Waals surface area contributed by atoms with Crippen molar-refractivity contribution in [2.24, 2.45) is 0 Å². The van der Waals surface area contributed by atoms with Crippen molar-refractivity contribution in [3.05, 3.63) is 23.8 Å². The summed E-state index contributed by atoms with van der Waals surface area (Å²) in [5.74, 6) is -0.339. The van der Waals surface area contributed by atoms with Crippen LogP contribution in [0.15, 0.2) is 18.2 Å². The molecule has 0 atom stereocenters. The van der Waals surface area contributed by atoms with Gasteiger partial charge in [-0.2, -0.15) is 0 Å². The highest BCUT2D eigenvalue weighted by Gasteiger charge is 2.24. The molecule has 5 heteroatoms. The molecule has 3 N–H and O–H groups in total. The molecular formula is C16H24N2O3. The van der Waals surface area contributed by atoms with Crippen LogP contribution in [-0.2, 0) is 4.74 Å². The van der Waals surface area contributed by atoms with Gasteiger partial charge in [0.1, 0.15) is 0 Å². The molecule has 0 aliphatic heterocycles. The minimum Gasteiger partial charge on any atom is -0.462 e. The minimum atomic E-state index is -0.339. The zero-order valence-electron chi connectivity index (χ0n) is 12.5. The first-order chi connectivity index (χ1) is 10.2. The van der Waals surface area contributed by atoms with Crippen LogP contribution in [0.5, 0.6) is 0 Å². The molecule has 0 radical (unpaired) electrons. The Labute approximate surface area is 125 Å². The second-order valence-electron chi connectivity index (χ2n) is 5.35.